The van der Waals surface area contributed by atoms with Crippen LogP contribution in [0.2, 0.25) is 0 Å². The molecule has 1 aliphatic heterocycles. The molecule has 0 radical (unpaired) electrons. The largest absolute Gasteiger partial charge is 0.416 e. The molecule has 2 aromatic heterocycles. The maximum absolute atomic E-state index is 14.2. The molecule has 0 spiro atoms. The highest BCUT2D eigenvalue weighted by Gasteiger charge is 2.34. The van der Waals surface area contributed by atoms with E-state index in [2.05, 4.69) is 20.3 Å². The normalized spacial score (nSPS) is 20.1. The first kappa shape index (κ1) is 41.0. The van der Waals surface area contributed by atoms with E-state index in [1.807, 2.05) is 83.0 Å². The van der Waals surface area contributed by atoms with Crippen LogP contribution in [0.15, 0.2) is 95.7 Å². The number of nitrogens with two attached hydrogens (primary N) is 2. The molecule has 0 saturated carbocycles. The molecule has 278 valence electrons. The molecule has 0 aromatic carbocycles. The third kappa shape index (κ3) is 12.7. The molecule has 3 heterocycles. The summed E-state index contributed by atoms with van der Waals surface area (Å²) >= 11 is 0. The number of carbonyl (C=O) groups excluding carboxylic acids is 1. The smallest absolute Gasteiger partial charge is 0.398 e. The van der Waals surface area contributed by atoms with Crippen molar-refractivity contribution in [2.45, 2.75) is 66.1 Å². The van der Waals surface area contributed by atoms with Gasteiger partial charge in [0.05, 0.1) is 11.8 Å². The summed E-state index contributed by atoms with van der Waals surface area (Å²) in [7, 11) is 1.86. The summed E-state index contributed by atoms with van der Waals surface area (Å²) in [5.74, 6) is 5.83. The molecule has 51 heavy (non-hydrogen) atoms. The summed E-state index contributed by atoms with van der Waals surface area (Å²) in [5, 5.41) is 8.57. The van der Waals surface area contributed by atoms with Gasteiger partial charge in [-0.3, -0.25) is 25.2 Å². The van der Waals surface area contributed by atoms with Gasteiger partial charge in [0.25, 0.3) is 0 Å². The van der Waals surface area contributed by atoms with Crippen LogP contribution in [0.5, 0.6) is 0 Å². The number of aryl methyl sites for hydroxylation is 1. The minimum atomic E-state index is -4.56. The summed E-state index contributed by atoms with van der Waals surface area (Å²) in [6.07, 6.45) is 13.0. The molecule has 1 amide bonds. The van der Waals surface area contributed by atoms with Crippen LogP contribution in [0.1, 0.15) is 58.2 Å². The fourth-order valence-electron chi connectivity index (χ4n) is 5.73. The van der Waals surface area contributed by atoms with Crippen LogP contribution in [0, 0.1) is 6.92 Å². The van der Waals surface area contributed by atoms with E-state index in [0.717, 1.165) is 34.2 Å². The van der Waals surface area contributed by atoms with Crippen LogP contribution in [0.4, 0.5) is 18.9 Å². The summed E-state index contributed by atoms with van der Waals surface area (Å²) in [5.41, 5.74) is 11.0. The number of hydrogen-bond acceptors (Lipinski definition) is 8. The van der Waals surface area contributed by atoms with Crippen LogP contribution < -0.4 is 21.8 Å². The van der Waals surface area contributed by atoms with E-state index in [4.69, 9.17) is 11.6 Å². The Morgan fingerprint density at radius 3 is 2.43 bits per heavy atom. The maximum Gasteiger partial charge on any atom is 0.416 e. The number of amides is 1. The molecule has 2 aromatic rings. The summed E-state index contributed by atoms with van der Waals surface area (Å²) < 4.78 is 44.3. The number of piperazine rings is 1. The lowest BCUT2D eigenvalue weighted by Gasteiger charge is -2.39. The van der Waals surface area contributed by atoms with Gasteiger partial charge in [-0.2, -0.15) is 18.3 Å². The van der Waals surface area contributed by atoms with Crippen LogP contribution in [-0.2, 0) is 11.8 Å². The topological polar surface area (TPSA) is 122 Å². The molecular weight excluding hydrogens is 655 g/mol. The molecule has 0 bridgehead atoms. The van der Waals surface area contributed by atoms with Crippen molar-refractivity contribution in [3.05, 3.63) is 107 Å². The Kier molecular flexibility index (Phi) is 15.9. The van der Waals surface area contributed by atoms with Crippen molar-refractivity contribution in [1.29, 1.82) is 0 Å². The Labute approximate surface area is 300 Å². The summed E-state index contributed by atoms with van der Waals surface area (Å²) in [4.78, 5) is 21.3. The van der Waals surface area contributed by atoms with Crippen LogP contribution in [-0.4, -0.2) is 82.1 Å². The Bertz CT molecular complexity index is 1610. The molecule has 2 aliphatic rings. The highest BCUT2D eigenvalue weighted by atomic mass is 19.4. The average Bonchev–Trinajstić information content (AvgIpc) is 3.44. The number of aromatic nitrogens is 3. The van der Waals surface area contributed by atoms with Crippen molar-refractivity contribution < 1.29 is 18.0 Å². The van der Waals surface area contributed by atoms with E-state index in [-0.39, 0.29) is 24.4 Å². The van der Waals surface area contributed by atoms with Crippen LogP contribution >= 0.6 is 0 Å². The van der Waals surface area contributed by atoms with Crippen molar-refractivity contribution in [2.24, 2.45) is 18.6 Å². The van der Waals surface area contributed by atoms with Gasteiger partial charge >= 0.3 is 6.18 Å². The van der Waals surface area contributed by atoms with E-state index in [1.54, 1.807) is 34.4 Å². The number of carbonyl (C=O) groups is 1. The number of hydrogen-bond donors (Lipinski definition) is 3. The second-order valence-corrected chi connectivity index (χ2v) is 12.4. The van der Waals surface area contributed by atoms with E-state index in [9.17, 15) is 18.0 Å². The summed E-state index contributed by atoms with van der Waals surface area (Å²) in [6, 6.07) is 3.37. The molecule has 5 N–H and O–H groups in total. The zero-order valence-electron chi connectivity index (χ0n) is 30.7. The van der Waals surface area contributed by atoms with Gasteiger partial charge in [-0.25, -0.2) is 5.01 Å². The standard InChI is InChI=1S/C36H48F3N9O.C2H6/c1-5-28(10-9-26(2)25-48(41)16-13-34(40)33-24-43-45(4)27(33)3)21-35(49)44-30-7-6-8-32(23-29(22-30)36(37,38)39)47-19-17-46(18-20-47)31-11-14-42-15-12-31;1-2/h6,8-15,22-24,32H,5,7,16-21,25,40-41H2,1-4H3,(H,44,49);1-2H3/b8-6?,26-9-,28-10+,29-23+,30-22+,34-13-;. The number of hydrazine groups is 1. The van der Waals surface area contributed by atoms with Crippen LogP contribution in [0.25, 0.3) is 5.70 Å². The van der Waals surface area contributed by atoms with E-state index < -0.39 is 17.8 Å². The highest BCUT2D eigenvalue weighted by Crippen LogP contribution is 2.30. The first-order valence-corrected chi connectivity index (χ1v) is 17.5. The number of anilines is 1. The van der Waals surface area contributed by atoms with Crippen molar-refractivity contribution in [1.82, 2.24) is 30.0 Å². The van der Waals surface area contributed by atoms with Gasteiger partial charge in [0, 0.05) is 106 Å². The Hall–Kier alpha value is -4.46. The number of alkyl halides is 3. The third-order valence-electron chi connectivity index (χ3n) is 8.73. The first-order valence-electron chi connectivity index (χ1n) is 17.5. The lowest BCUT2D eigenvalue weighted by molar-refractivity contribution is -0.119. The monoisotopic (exact) mass is 709 g/mol. The van der Waals surface area contributed by atoms with Gasteiger partial charge in [-0.05, 0) is 44.6 Å². The molecular formula is C38H54F3N9O. The third-order valence-corrected chi connectivity index (χ3v) is 8.73. The first-order chi connectivity index (χ1) is 24.3. The zero-order valence-corrected chi connectivity index (χ0v) is 30.7. The van der Waals surface area contributed by atoms with Crippen molar-refractivity contribution in [3.63, 3.8) is 0 Å². The summed E-state index contributed by atoms with van der Waals surface area (Å²) in [6.45, 7) is 13.4. The maximum atomic E-state index is 14.2. The average molecular weight is 710 g/mol. The van der Waals surface area contributed by atoms with Gasteiger partial charge in [-0.1, -0.05) is 62.3 Å². The van der Waals surface area contributed by atoms with Gasteiger partial charge < -0.3 is 16.0 Å². The van der Waals surface area contributed by atoms with E-state index >= 15 is 0 Å². The molecule has 4 rings (SSSR count). The number of nitrogens with zero attached hydrogens (tertiary/aromatic N) is 6. The fourth-order valence-corrected chi connectivity index (χ4v) is 5.73. The lowest BCUT2D eigenvalue weighted by Crippen LogP contribution is -2.49. The van der Waals surface area contributed by atoms with E-state index in [1.165, 1.54) is 6.08 Å². The predicted molar refractivity (Wildman–Crippen MR) is 200 cm³/mol. The molecule has 1 aliphatic carbocycles. The van der Waals surface area contributed by atoms with E-state index in [0.29, 0.717) is 51.4 Å². The van der Waals surface area contributed by atoms with Crippen molar-refractivity contribution in [2.75, 3.05) is 44.2 Å². The Balaban J connectivity index is 0.00000345. The second kappa shape index (κ2) is 19.8. The zero-order chi connectivity index (χ0) is 37.6. The van der Waals surface area contributed by atoms with Crippen molar-refractivity contribution >= 4 is 17.3 Å². The quantitative estimate of drug-likeness (QED) is 0.107. The number of halogens is 3. The Morgan fingerprint density at radius 2 is 1.82 bits per heavy atom. The number of pyridine rings is 1. The minimum absolute atomic E-state index is 0.0624. The van der Waals surface area contributed by atoms with Gasteiger partial charge in [0.15, 0.2) is 0 Å². The van der Waals surface area contributed by atoms with Crippen LogP contribution in [0.3, 0.4) is 0 Å². The molecule has 1 fully saturated rings. The molecule has 1 saturated heterocycles. The molecule has 13 heteroatoms. The molecule has 10 nitrogen and oxygen atoms in total. The number of allylic oxidation sites excluding steroid dienone is 5. The number of nitrogens with one attached hydrogen (secondary N) is 1. The lowest BCUT2D eigenvalue weighted by atomic mass is 10.0. The molecule has 1 atom stereocenters. The highest BCUT2D eigenvalue weighted by molar-refractivity contribution is 5.80. The minimum Gasteiger partial charge on any atom is -0.398 e. The van der Waals surface area contributed by atoms with Gasteiger partial charge in [0.2, 0.25) is 5.91 Å². The molecule has 1 unspecified atom stereocenters. The predicted octanol–water partition coefficient (Wildman–Crippen LogP) is 5.94. The van der Waals surface area contributed by atoms with Gasteiger partial charge in [-0.15, -0.1) is 0 Å². The fraction of sp³-hybridized carbons (Fsp3) is 0.447. The Morgan fingerprint density at radius 1 is 1.14 bits per heavy atom. The SMILES string of the molecule is CC.CC/C(=C\C=C(\C)CN(N)C/C=C(\N)c1cnn(C)c1C)CC(=O)N/C1=C/C(C(F)(F)F)=C\C(N2CCN(c3ccncc3)CC2)C=CC1. The van der Waals surface area contributed by atoms with Crippen molar-refractivity contribution in [3.8, 4) is 0 Å². The number of rotatable bonds is 12. The second-order valence-electron chi connectivity index (χ2n) is 12.4. The van der Waals surface area contributed by atoms with Gasteiger partial charge in [0.1, 0.15) is 0 Å².